The van der Waals surface area contributed by atoms with Crippen LogP contribution >= 0.6 is 0 Å². The molecule has 0 saturated heterocycles. The third kappa shape index (κ3) is 4.14. The Labute approximate surface area is 96.0 Å². The fraction of sp³-hybridized carbons (Fsp3) is 0.385. The van der Waals surface area contributed by atoms with Crippen LogP contribution in [0, 0.1) is 0 Å². The lowest BCUT2D eigenvalue weighted by Gasteiger charge is -2.21. The van der Waals surface area contributed by atoms with Crippen LogP contribution in [0.3, 0.4) is 0 Å². The molecule has 0 spiro atoms. The van der Waals surface area contributed by atoms with E-state index >= 15 is 0 Å². The highest BCUT2D eigenvalue weighted by Crippen LogP contribution is 2.09. The second-order valence-electron chi connectivity index (χ2n) is 3.74. The Hall–Kier alpha value is -1.16. The zero-order chi connectivity index (χ0) is 11.9. The molecule has 3 heteroatoms. The van der Waals surface area contributed by atoms with Gasteiger partial charge in [-0.25, -0.2) is 0 Å². The monoisotopic (exact) mass is 222 g/mol. The lowest BCUT2D eigenvalue weighted by Crippen LogP contribution is -2.36. The number of hydrogen-bond acceptors (Lipinski definition) is 3. The van der Waals surface area contributed by atoms with Gasteiger partial charge in [-0.3, -0.25) is 0 Å². The molecule has 1 aromatic rings. The Morgan fingerprint density at radius 3 is 2.56 bits per heavy atom. The third-order valence-corrected chi connectivity index (χ3v) is 2.21. The van der Waals surface area contributed by atoms with Crippen LogP contribution in [0.1, 0.15) is 12.5 Å². The lowest BCUT2D eigenvalue weighted by atomic mass is 10.1. The minimum Gasteiger partial charge on any atom is -0.393 e. The summed E-state index contributed by atoms with van der Waals surface area (Å²) in [5.74, 6) is 0. The molecule has 0 aromatic heterocycles. The van der Waals surface area contributed by atoms with Crippen LogP contribution in [0.25, 0.3) is 0 Å². The van der Waals surface area contributed by atoms with Crippen molar-refractivity contribution in [2.75, 3.05) is 13.2 Å². The van der Waals surface area contributed by atoms with Gasteiger partial charge in [0.25, 0.3) is 0 Å². The van der Waals surface area contributed by atoms with Crippen LogP contribution in [-0.4, -0.2) is 29.0 Å². The van der Waals surface area contributed by atoms with Crippen molar-refractivity contribution >= 4 is 0 Å². The van der Waals surface area contributed by atoms with Gasteiger partial charge in [-0.1, -0.05) is 42.5 Å². The van der Waals surface area contributed by atoms with E-state index in [9.17, 15) is 5.11 Å². The molecule has 3 nitrogen and oxygen atoms in total. The average molecular weight is 222 g/mol. The van der Waals surface area contributed by atoms with Gasteiger partial charge in [-0.15, -0.1) is 0 Å². The third-order valence-electron chi connectivity index (χ3n) is 2.21. The molecular formula is C13H18O3. The molecule has 0 bridgehead atoms. The van der Waals surface area contributed by atoms with Crippen LogP contribution in [0.5, 0.6) is 0 Å². The highest BCUT2D eigenvalue weighted by molar-refractivity contribution is 5.13. The number of ether oxygens (including phenoxy) is 1. The molecule has 0 saturated carbocycles. The van der Waals surface area contributed by atoms with E-state index in [1.54, 1.807) is 13.0 Å². The first-order valence-corrected chi connectivity index (χ1v) is 5.29. The minimum absolute atomic E-state index is 0.0860. The second kappa shape index (κ2) is 6.43. The normalized spacial score (nSPS) is 15.2. The van der Waals surface area contributed by atoms with Crippen molar-refractivity contribution in [3.8, 4) is 0 Å². The first kappa shape index (κ1) is 12.9. The smallest absolute Gasteiger partial charge is 0.129 e. The molecule has 88 valence electrons. The van der Waals surface area contributed by atoms with E-state index in [2.05, 4.69) is 0 Å². The number of allylic oxidation sites excluding steroid dienone is 1. The first-order chi connectivity index (χ1) is 7.70. The Morgan fingerprint density at radius 1 is 1.31 bits per heavy atom. The highest BCUT2D eigenvalue weighted by atomic mass is 16.5. The second-order valence-corrected chi connectivity index (χ2v) is 3.74. The maximum absolute atomic E-state index is 9.84. The predicted molar refractivity (Wildman–Crippen MR) is 62.9 cm³/mol. The van der Waals surface area contributed by atoms with Crippen molar-refractivity contribution < 1.29 is 14.9 Å². The molecule has 0 unspecified atom stereocenters. The van der Waals surface area contributed by atoms with Crippen molar-refractivity contribution in [1.82, 2.24) is 0 Å². The Bertz CT molecular complexity index is 321. The minimum atomic E-state index is -1.27. The van der Waals surface area contributed by atoms with Crippen molar-refractivity contribution in [2.45, 2.75) is 19.1 Å². The molecular weight excluding hydrogens is 204 g/mol. The van der Waals surface area contributed by atoms with E-state index in [4.69, 9.17) is 9.84 Å². The van der Waals surface area contributed by atoms with Crippen molar-refractivity contribution in [3.63, 3.8) is 0 Å². The molecule has 0 amide bonds. The summed E-state index contributed by atoms with van der Waals surface area (Å²) in [5.41, 5.74) is -0.230. The number of aliphatic hydroxyl groups excluding tert-OH is 1. The van der Waals surface area contributed by atoms with Crippen LogP contribution in [-0.2, 0) is 11.3 Å². The van der Waals surface area contributed by atoms with E-state index in [0.717, 1.165) is 5.56 Å². The number of aliphatic hydroxyl groups is 2. The molecule has 1 rings (SSSR count). The summed E-state index contributed by atoms with van der Waals surface area (Å²) in [5, 5.41) is 18.9. The zero-order valence-electron chi connectivity index (χ0n) is 9.47. The van der Waals surface area contributed by atoms with Gasteiger partial charge < -0.3 is 14.9 Å². The fourth-order valence-electron chi connectivity index (χ4n) is 1.38. The molecule has 1 aromatic carbocycles. The van der Waals surface area contributed by atoms with Gasteiger partial charge >= 0.3 is 0 Å². The van der Waals surface area contributed by atoms with Gasteiger partial charge in [0, 0.05) is 0 Å². The number of benzene rings is 1. The maximum atomic E-state index is 9.84. The van der Waals surface area contributed by atoms with Crippen LogP contribution in [0.15, 0.2) is 42.5 Å². The van der Waals surface area contributed by atoms with E-state index in [1.165, 1.54) is 6.08 Å². The molecule has 0 aliphatic carbocycles. The van der Waals surface area contributed by atoms with Crippen LogP contribution in [0.2, 0.25) is 0 Å². The van der Waals surface area contributed by atoms with Gasteiger partial charge in [-0.05, 0) is 12.5 Å². The molecule has 16 heavy (non-hydrogen) atoms. The van der Waals surface area contributed by atoms with Gasteiger partial charge in [-0.2, -0.15) is 0 Å². The van der Waals surface area contributed by atoms with Gasteiger partial charge in [0.1, 0.15) is 5.60 Å². The summed E-state index contributed by atoms with van der Waals surface area (Å²) in [4.78, 5) is 0. The van der Waals surface area contributed by atoms with Crippen molar-refractivity contribution in [3.05, 3.63) is 48.0 Å². The summed E-state index contributed by atoms with van der Waals surface area (Å²) in [7, 11) is 0. The van der Waals surface area contributed by atoms with Gasteiger partial charge in [0.2, 0.25) is 0 Å². The molecule has 2 N–H and O–H groups in total. The molecule has 0 heterocycles. The maximum Gasteiger partial charge on any atom is 0.129 e. The Kier molecular flexibility index (Phi) is 5.19. The summed E-state index contributed by atoms with van der Waals surface area (Å²) < 4.78 is 5.37. The zero-order valence-corrected chi connectivity index (χ0v) is 9.47. The summed E-state index contributed by atoms with van der Waals surface area (Å²) >= 11 is 0. The standard InChI is InChI=1S/C13H18O3/c1-2-8-13(15,10-14)11-16-9-12-6-4-3-5-7-12/h2-8,14-15H,9-11H2,1H3/b8-2+/t13-/m1/s1. The molecule has 0 aliphatic rings. The summed E-state index contributed by atoms with van der Waals surface area (Å²) in [6.07, 6.45) is 3.24. The topological polar surface area (TPSA) is 49.7 Å². The molecule has 0 radical (unpaired) electrons. The van der Waals surface area contributed by atoms with Crippen molar-refractivity contribution in [2.24, 2.45) is 0 Å². The van der Waals surface area contributed by atoms with E-state index in [1.807, 2.05) is 30.3 Å². The number of rotatable bonds is 6. The lowest BCUT2D eigenvalue weighted by molar-refractivity contribution is -0.0502. The van der Waals surface area contributed by atoms with E-state index in [-0.39, 0.29) is 13.2 Å². The fourth-order valence-corrected chi connectivity index (χ4v) is 1.38. The Morgan fingerprint density at radius 2 is 2.00 bits per heavy atom. The Balaban J connectivity index is 2.40. The first-order valence-electron chi connectivity index (χ1n) is 5.29. The van der Waals surface area contributed by atoms with Crippen molar-refractivity contribution in [1.29, 1.82) is 0 Å². The quantitative estimate of drug-likeness (QED) is 0.717. The largest absolute Gasteiger partial charge is 0.393 e. The molecule has 0 aliphatic heterocycles. The average Bonchev–Trinajstić information content (AvgIpc) is 2.31. The van der Waals surface area contributed by atoms with E-state index < -0.39 is 5.60 Å². The van der Waals surface area contributed by atoms with E-state index in [0.29, 0.717) is 6.61 Å². The predicted octanol–water partition coefficient (Wildman–Crippen LogP) is 1.50. The SMILES string of the molecule is C/C=C/[C@@](O)(CO)COCc1ccccc1. The summed E-state index contributed by atoms with van der Waals surface area (Å²) in [6, 6.07) is 9.71. The van der Waals surface area contributed by atoms with Gasteiger partial charge in [0.05, 0.1) is 19.8 Å². The molecule has 1 atom stereocenters. The van der Waals surface area contributed by atoms with Gasteiger partial charge in [0.15, 0.2) is 0 Å². The number of hydrogen-bond donors (Lipinski definition) is 2. The molecule has 0 fully saturated rings. The van der Waals surface area contributed by atoms with Crippen LogP contribution < -0.4 is 0 Å². The van der Waals surface area contributed by atoms with Crippen LogP contribution in [0.4, 0.5) is 0 Å². The highest BCUT2D eigenvalue weighted by Gasteiger charge is 2.22. The summed E-state index contributed by atoms with van der Waals surface area (Å²) in [6.45, 7) is 1.97.